The number of piperidine rings is 1. The number of halogens is 1. The van der Waals surface area contributed by atoms with Crippen LogP contribution < -0.4 is 10.6 Å². The summed E-state index contributed by atoms with van der Waals surface area (Å²) in [6.45, 7) is 4.24. The van der Waals surface area contributed by atoms with Gasteiger partial charge in [-0.05, 0) is 58.0 Å². The van der Waals surface area contributed by atoms with Gasteiger partial charge in [-0.1, -0.05) is 17.7 Å². The monoisotopic (exact) mass is 295 g/mol. The Morgan fingerprint density at radius 2 is 2.00 bits per heavy atom. The molecule has 1 heterocycles. The Morgan fingerprint density at radius 1 is 1.35 bits per heavy atom. The van der Waals surface area contributed by atoms with Gasteiger partial charge in [0, 0.05) is 35.9 Å². The van der Waals surface area contributed by atoms with Gasteiger partial charge in [-0.25, -0.2) is 0 Å². The molecule has 1 fully saturated rings. The second-order valence-corrected chi connectivity index (χ2v) is 6.57. The highest BCUT2D eigenvalue weighted by Crippen LogP contribution is 2.29. The van der Waals surface area contributed by atoms with Gasteiger partial charge in [-0.2, -0.15) is 0 Å². The fraction of sp³-hybridized carbons (Fsp3) is 0.625. The van der Waals surface area contributed by atoms with E-state index >= 15 is 0 Å². The van der Waals surface area contributed by atoms with E-state index in [4.69, 9.17) is 17.3 Å². The first-order valence-electron chi connectivity index (χ1n) is 7.42. The number of nitrogens with two attached hydrogens (primary N) is 1. The summed E-state index contributed by atoms with van der Waals surface area (Å²) in [5, 5.41) is 0.808. The van der Waals surface area contributed by atoms with Crippen LogP contribution in [0.25, 0.3) is 0 Å². The van der Waals surface area contributed by atoms with Gasteiger partial charge in [-0.3, -0.25) is 0 Å². The smallest absolute Gasteiger partial charge is 0.0426 e. The Bertz CT molecular complexity index is 437. The lowest BCUT2D eigenvalue weighted by Gasteiger charge is -2.37. The molecule has 112 valence electrons. The first kappa shape index (κ1) is 15.6. The molecule has 1 aliphatic rings. The maximum absolute atomic E-state index is 6.19. The van der Waals surface area contributed by atoms with Crippen molar-refractivity contribution in [2.24, 2.45) is 5.73 Å². The van der Waals surface area contributed by atoms with Gasteiger partial charge >= 0.3 is 0 Å². The zero-order valence-corrected chi connectivity index (χ0v) is 13.5. The molecular formula is C16H26ClN3. The molecule has 0 radical (unpaired) electrons. The van der Waals surface area contributed by atoms with Crippen molar-refractivity contribution in [3.8, 4) is 0 Å². The van der Waals surface area contributed by atoms with E-state index in [1.807, 2.05) is 6.07 Å². The topological polar surface area (TPSA) is 32.5 Å². The second kappa shape index (κ2) is 6.79. The van der Waals surface area contributed by atoms with Gasteiger partial charge in [0.1, 0.15) is 0 Å². The van der Waals surface area contributed by atoms with Crippen LogP contribution in [0.15, 0.2) is 18.2 Å². The molecule has 3 nitrogen and oxygen atoms in total. The Morgan fingerprint density at radius 3 is 2.55 bits per heavy atom. The van der Waals surface area contributed by atoms with Crippen molar-refractivity contribution in [2.45, 2.75) is 38.3 Å². The first-order chi connectivity index (χ1) is 9.47. The van der Waals surface area contributed by atoms with Crippen LogP contribution in [-0.2, 0) is 6.42 Å². The number of nitrogens with zero attached hydrogens (tertiary/aromatic N) is 2. The average molecular weight is 296 g/mol. The van der Waals surface area contributed by atoms with Crippen molar-refractivity contribution in [2.75, 3.05) is 32.1 Å². The lowest BCUT2D eigenvalue weighted by molar-refractivity contribution is 0.249. The van der Waals surface area contributed by atoms with Crippen molar-refractivity contribution >= 4 is 17.3 Å². The number of benzene rings is 1. The van der Waals surface area contributed by atoms with Crippen molar-refractivity contribution in [3.63, 3.8) is 0 Å². The lowest BCUT2D eigenvalue weighted by atomic mass is 10.00. The van der Waals surface area contributed by atoms with Crippen LogP contribution >= 0.6 is 11.6 Å². The molecule has 1 atom stereocenters. The van der Waals surface area contributed by atoms with Crippen LogP contribution in [-0.4, -0.2) is 44.2 Å². The molecule has 1 aromatic carbocycles. The number of hydrogen-bond donors (Lipinski definition) is 1. The van der Waals surface area contributed by atoms with Gasteiger partial charge in [-0.15, -0.1) is 0 Å². The van der Waals surface area contributed by atoms with Crippen LogP contribution in [0.5, 0.6) is 0 Å². The molecular weight excluding hydrogens is 270 g/mol. The Kier molecular flexibility index (Phi) is 5.30. The predicted molar refractivity (Wildman–Crippen MR) is 87.7 cm³/mol. The summed E-state index contributed by atoms with van der Waals surface area (Å²) < 4.78 is 0. The van der Waals surface area contributed by atoms with E-state index in [1.54, 1.807) is 0 Å². The molecule has 0 bridgehead atoms. The standard InChI is InChI=1S/C16H26ClN3/c1-12(18)10-13-4-5-14(17)11-16(13)20-8-6-15(7-9-20)19(2)3/h4-5,11-12,15H,6-10,18H2,1-3H3. The van der Waals surface area contributed by atoms with Crippen LogP contribution in [0.4, 0.5) is 5.69 Å². The minimum atomic E-state index is 0.175. The van der Waals surface area contributed by atoms with Crippen molar-refractivity contribution in [1.29, 1.82) is 0 Å². The fourth-order valence-corrected chi connectivity index (χ4v) is 3.14. The maximum atomic E-state index is 6.19. The third-order valence-corrected chi connectivity index (χ3v) is 4.36. The molecule has 0 aromatic heterocycles. The van der Waals surface area contributed by atoms with Gasteiger partial charge in [0.2, 0.25) is 0 Å². The summed E-state index contributed by atoms with van der Waals surface area (Å²) in [6, 6.07) is 7.06. The summed E-state index contributed by atoms with van der Waals surface area (Å²) in [6.07, 6.45) is 3.31. The van der Waals surface area contributed by atoms with Gasteiger partial charge in [0.25, 0.3) is 0 Å². The van der Waals surface area contributed by atoms with E-state index in [0.29, 0.717) is 6.04 Å². The molecule has 0 aliphatic carbocycles. The molecule has 0 spiro atoms. The fourth-order valence-electron chi connectivity index (χ4n) is 2.97. The molecule has 4 heteroatoms. The minimum absolute atomic E-state index is 0.175. The molecule has 0 amide bonds. The van der Waals surface area contributed by atoms with E-state index in [-0.39, 0.29) is 6.04 Å². The molecule has 0 saturated carbocycles. The molecule has 2 rings (SSSR count). The zero-order valence-electron chi connectivity index (χ0n) is 12.8. The average Bonchev–Trinajstić information content (AvgIpc) is 2.40. The molecule has 1 aliphatic heterocycles. The van der Waals surface area contributed by atoms with E-state index in [0.717, 1.165) is 24.5 Å². The molecule has 1 saturated heterocycles. The van der Waals surface area contributed by atoms with Crippen molar-refractivity contribution < 1.29 is 0 Å². The normalized spacial score (nSPS) is 18.6. The zero-order chi connectivity index (χ0) is 14.7. The van der Waals surface area contributed by atoms with Crippen LogP contribution in [0.3, 0.4) is 0 Å². The van der Waals surface area contributed by atoms with Crippen LogP contribution in [0, 0.1) is 0 Å². The van der Waals surface area contributed by atoms with Crippen molar-refractivity contribution in [1.82, 2.24) is 4.90 Å². The third kappa shape index (κ3) is 3.87. The van der Waals surface area contributed by atoms with Gasteiger partial charge in [0.15, 0.2) is 0 Å². The SMILES string of the molecule is CC(N)Cc1ccc(Cl)cc1N1CCC(N(C)C)CC1. The predicted octanol–water partition coefficient (Wildman–Crippen LogP) is 2.76. The van der Waals surface area contributed by atoms with E-state index < -0.39 is 0 Å². The number of hydrogen-bond acceptors (Lipinski definition) is 3. The largest absolute Gasteiger partial charge is 0.371 e. The molecule has 20 heavy (non-hydrogen) atoms. The van der Waals surface area contributed by atoms with Crippen LogP contribution in [0.1, 0.15) is 25.3 Å². The highest BCUT2D eigenvalue weighted by molar-refractivity contribution is 6.30. The summed E-state index contributed by atoms with van der Waals surface area (Å²) in [4.78, 5) is 4.79. The Balaban J connectivity index is 2.14. The highest BCUT2D eigenvalue weighted by atomic mass is 35.5. The Hall–Kier alpha value is -0.770. The van der Waals surface area contributed by atoms with E-state index in [2.05, 4.69) is 43.0 Å². The van der Waals surface area contributed by atoms with Crippen molar-refractivity contribution in [3.05, 3.63) is 28.8 Å². The second-order valence-electron chi connectivity index (χ2n) is 6.14. The summed E-state index contributed by atoms with van der Waals surface area (Å²) in [7, 11) is 4.34. The summed E-state index contributed by atoms with van der Waals surface area (Å²) in [5.74, 6) is 0. The lowest BCUT2D eigenvalue weighted by Crippen LogP contribution is -2.42. The molecule has 2 N–H and O–H groups in total. The summed E-state index contributed by atoms with van der Waals surface area (Å²) >= 11 is 6.19. The number of anilines is 1. The van der Waals surface area contributed by atoms with Crippen LogP contribution in [0.2, 0.25) is 5.02 Å². The number of rotatable bonds is 4. The summed E-state index contributed by atoms with van der Waals surface area (Å²) in [5.41, 5.74) is 8.55. The maximum Gasteiger partial charge on any atom is 0.0426 e. The third-order valence-electron chi connectivity index (χ3n) is 4.12. The Labute approximate surface area is 127 Å². The van der Waals surface area contributed by atoms with E-state index in [1.165, 1.54) is 24.1 Å². The van der Waals surface area contributed by atoms with Gasteiger partial charge in [0.05, 0.1) is 0 Å². The van der Waals surface area contributed by atoms with E-state index in [9.17, 15) is 0 Å². The first-order valence-corrected chi connectivity index (χ1v) is 7.80. The molecule has 1 aromatic rings. The minimum Gasteiger partial charge on any atom is -0.371 e. The van der Waals surface area contributed by atoms with Gasteiger partial charge < -0.3 is 15.5 Å². The molecule has 1 unspecified atom stereocenters. The highest BCUT2D eigenvalue weighted by Gasteiger charge is 2.22. The quantitative estimate of drug-likeness (QED) is 0.927.